The molecular formula is C17H16N4O3. The summed E-state index contributed by atoms with van der Waals surface area (Å²) in [6.07, 6.45) is 3.43. The second-order valence-corrected chi connectivity index (χ2v) is 5.91. The van der Waals surface area contributed by atoms with E-state index in [1.165, 1.54) is 4.52 Å². The number of aromatic nitrogens is 3. The Bertz CT molecular complexity index is 1040. The minimum atomic E-state index is -0.505. The number of amides is 1. The number of nitrogens with one attached hydrogen (secondary N) is 3. The van der Waals surface area contributed by atoms with Crippen molar-refractivity contribution in [1.29, 1.82) is 0 Å². The third-order valence-corrected chi connectivity index (χ3v) is 4.37. The summed E-state index contributed by atoms with van der Waals surface area (Å²) in [4.78, 5) is 40.2. The van der Waals surface area contributed by atoms with Gasteiger partial charge in [0.05, 0.1) is 0 Å². The zero-order valence-electron chi connectivity index (χ0n) is 12.9. The molecule has 122 valence electrons. The molecule has 1 aliphatic rings. The molecule has 1 aliphatic carbocycles. The molecule has 4 rings (SSSR count). The lowest BCUT2D eigenvalue weighted by atomic mass is 9.97. The highest BCUT2D eigenvalue weighted by molar-refractivity contribution is 6.05. The highest BCUT2D eigenvalue weighted by Gasteiger charge is 2.20. The predicted molar refractivity (Wildman–Crippen MR) is 89.7 cm³/mol. The number of carbonyl (C=O) groups excluding carboxylic acids is 1. The van der Waals surface area contributed by atoms with E-state index >= 15 is 0 Å². The van der Waals surface area contributed by atoms with Crippen LogP contribution in [0.3, 0.4) is 0 Å². The second kappa shape index (κ2) is 5.52. The lowest BCUT2D eigenvalue weighted by molar-refractivity contribution is 0.102. The van der Waals surface area contributed by atoms with Crippen LogP contribution in [-0.4, -0.2) is 20.5 Å². The molecule has 0 spiro atoms. The molecule has 2 aromatic heterocycles. The van der Waals surface area contributed by atoms with Crippen LogP contribution in [0.4, 0.5) is 5.69 Å². The Labute approximate surface area is 136 Å². The van der Waals surface area contributed by atoms with Crippen molar-refractivity contribution in [2.45, 2.75) is 25.7 Å². The minimum absolute atomic E-state index is 0.0642. The third-order valence-electron chi connectivity index (χ3n) is 4.37. The Morgan fingerprint density at radius 2 is 1.83 bits per heavy atom. The van der Waals surface area contributed by atoms with Crippen LogP contribution in [0, 0.1) is 0 Å². The first-order chi connectivity index (χ1) is 11.6. The number of rotatable bonds is 2. The minimum Gasteiger partial charge on any atom is -0.341 e. The number of aryl methyl sites for hydroxylation is 1. The predicted octanol–water partition coefficient (Wildman–Crippen LogP) is 1.45. The van der Waals surface area contributed by atoms with Gasteiger partial charge in [0.2, 0.25) is 0 Å². The van der Waals surface area contributed by atoms with Crippen LogP contribution in [0.5, 0.6) is 0 Å². The fourth-order valence-electron chi connectivity index (χ4n) is 3.15. The van der Waals surface area contributed by atoms with Crippen molar-refractivity contribution in [3.63, 3.8) is 0 Å². The number of anilines is 1. The molecule has 0 saturated carbocycles. The number of hydrogen-bond acceptors (Lipinski definition) is 3. The van der Waals surface area contributed by atoms with E-state index in [1.54, 1.807) is 30.3 Å². The summed E-state index contributed by atoms with van der Waals surface area (Å²) in [5.74, 6) is -0.396. The summed E-state index contributed by atoms with van der Waals surface area (Å²) in [6, 6.07) is 8.62. The molecule has 1 aromatic carbocycles. The van der Waals surface area contributed by atoms with Gasteiger partial charge in [0.1, 0.15) is 0 Å². The monoisotopic (exact) mass is 324 g/mol. The van der Waals surface area contributed by atoms with Crippen molar-refractivity contribution in [1.82, 2.24) is 14.6 Å². The normalized spacial score (nSPS) is 13.7. The molecule has 24 heavy (non-hydrogen) atoms. The molecule has 2 heterocycles. The van der Waals surface area contributed by atoms with E-state index < -0.39 is 11.5 Å². The largest absolute Gasteiger partial charge is 0.341 e. The van der Waals surface area contributed by atoms with Crippen molar-refractivity contribution < 1.29 is 4.79 Å². The first kappa shape index (κ1) is 14.5. The quantitative estimate of drug-likeness (QED) is 0.665. The Kier molecular flexibility index (Phi) is 3.34. The molecule has 0 radical (unpaired) electrons. The maximum Gasteiger partial charge on any atom is 0.290 e. The average Bonchev–Trinajstić information content (AvgIpc) is 2.92. The molecule has 3 N–H and O–H groups in total. The van der Waals surface area contributed by atoms with E-state index in [1.807, 2.05) is 0 Å². The van der Waals surface area contributed by atoms with Crippen molar-refractivity contribution in [2.24, 2.45) is 0 Å². The van der Waals surface area contributed by atoms with Gasteiger partial charge in [0.25, 0.3) is 17.0 Å². The van der Waals surface area contributed by atoms with Crippen molar-refractivity contribution in [2.75, 3.05) is 5.32 Å². The number of fused-ring (bicyclic) bond motifs is 2. The third kappa shape index (κ3) is 2.25. The Balaban J connectivity index is 1.83. The highest BCUT2D eigenvalue weighted by atomic mass is 16.2. The van der Waals surface area contributed by atoms with Crippen LogP contribution < -0.4 is 16.4 Å². The Hall–Kier alpha value is -3.09. The molecule has 7 nitrogen and oxygen atoms in total. The smallest absolute Gasteiger partial charge is 0.290 e. The van der Waals surface area contributed by atoms with Crippen LogP contribution in [0.1, 0.15) is 34.5 Å². The van der Waals surface area contributed by atoms with Crippen LogP contribution in [0.2, 0.25) is 0 Å². The van der Waals surface area contributed by atoms with Crippen LogP contribution in [-0.2, 0) is 12.8 Å². The van der Waals surface area contributed by atoms with Gasteiger partial charge in [0, 0.05) is 16.8 Å². The standard InChI is InChI=1S/C17H16N4O3/c22-15(10-6-2-1-3-7-10)19-13-14-18-12-9-5-4-8-11(12)17(24)21(14)20-16(13)23/h1-3,6-7,18H,4-5,8-9H2,(H,19,22)(H,20,23). The van der Waals surface area contributed by atoms with E-state index in [2.05, 4.69) is 15.4 Å². The SMILES string of the molecule is O=C(Nc1c(=O)[nH]n2c(=O)c3c([nH]c12)CCCC3)c1ccccc1. The fraction of sp³-hybridized carbons (Fsp3) is 0.235. The molecule has 1 amide bonds. The number of aromatic amines is 2. The maximum atomic E-state index is 12.6. The molecule has 0 unspecified atom stereocenters. The fourth-order valence-corrected chi connectivity index (χ4v) is 3.15. The van der Waals surface area contributed by atoms with Crippen LogP contribution in [0.15, 0.2) is 39.9 Å². The number of nitrogens with zero attached hydrogens (tertiary/aromatic N) is 1. The summed E-state index contributed by atoms with van der Waals surface area (Å²) in [6.45, 7) is 0. The van der Waals surface area contributed by atoms with Crippen LogP contribution >= 0.6 is 0 Å². The number of hydrogen-bond donors (Lipinski definition) is 3. The van der Waals surface area contributed by atoms with E-state index in [4.69, 9.17) is 0 Å². The number of H-pyrrole nitrogens is 2. The highest BCUT2D eigenvalue weighted by Crippen LogP contribution is 2.19. The lowest BCUT2D eigenvalue weighted by Gasteiger charge is -2.15. The van der Waals surface area contributed by atoms with E-state index in [-0.39, 0.29) is 11.2 Å². The van der Waals surface area contributed by atoms with Gasteiger partial charge in [0.15, 0.2) is 11.3 Å². The first-order valence-electron chi connectivity index (χ1n) is 7.90. The van der Waals surface area contributed by atoms with E-state index in [0.29, 0.717) is 23.2 Å². The molecule has 0 bridgehead atoms. The molecule has 7 heteroatoms. The summed E-state index contributed by atoms with van der Waals surface area (Å²) in [5, 5.41) is 5.11. The van der Waals surface area contributed by atoms with Crippen molar-refractivity contribution in [3.8, 4) is 0 Å². The summed E-state index contributed by atoms with van der Waals surface area (Å²) in [5.41, 5.74) is 1.63. The van der Waals surface area contributed by atoms with Crippen molar-refractivity contribution in [3.05, 3.63) is 67.9 Å². The number of carbonyl (C=O) groups is 1. The van der Waals surface area contributed by atoms with Gasteiger partial charge >= 0.3 is 0 Å². The summed E-state index contributed by atoms with van der Waals surface area (Å²) in [7, 11) is 0. The van der Waals surface area contributed by atoms with Gasteiger partial charge in [-0.25, -0.2) is 0 Å². The summed E-state index contributed by atoms with van der Waals surface area (Å²) >= 11 is 0. The molecule has 0 atom stereocenters. The topological polar surface area (TPSA) is 99.2 Å². The summed E-state index contributed by atoms with van der Waals surface area (Å²) < 4.78 is 1.19. The second-order valence-electron chi connectivity index (χ2n) is 5.91. The zero-order chi connectivity index (χ0) is 16.7. The molecular weight excluding hydrogens is 308 g/mol. The Morgan fingerprint density at radius 1 is 1.08 bits per heavy atom. The molecule has 0 saturated heterocycles. The van der Waals surface area contributed by atoms with Gasteiger partial charge in [-0.3, -0.25) is 19.5 Å². The van der Waals surface area contributed by atoms with Gasteiger partial charge in [-0.1, -0.05) is 18.2 Å². The number of benzene rings is 1. The maximum absolute atomic E-state index is 12.6. The van der Waals surface area contributed by atoms with Gasteiger partial charge in [-0.15, -0.1) is 0 Å². The van der Waals surface area contributed by atoms with Crippen molar-refractivity contribution >= 4 is 17.2 Å². The van der Waals surface area contributed by atoms with Gasteiger partial charge < -0.3 is 10.3 Å². The molecule has 3 aromatic rings. The average molecular weight is 324 g/mol. The van der Waals surface area contributed by atoms with Gasteiger partial charge in [-0.2, -0.15) is 4.52 Å². The zero-order valence-corrected chi connectivity index (χ0v) is 12.9. The first-order valence-corrected chi connectivity index (χ1v) is 7.90. The lowest BCUT2D eigenvalue weighted by Crippen LogP contribution is -2.25. The molecule has 0 aliphatic heterocycles. The van der Waals surface area contributed by atoms with E-state index in [0.717, 1.165) is 25.0 Å². The van der Waals surface area contributed by atoms with E-state index in [9.17, 15) is 14.4 Å². The molecule has 0 fully saturated rings. The Morgan fingerprint density at radius 3 is 2.62 bits per heavy atom. The van der Waals surface area contributed by atoms with Crippen LogP contribution in [0.25, 0.3) is 5.65 Å². The van der Waals surface area contributed by atoms with Gasteiger partial charge in [-0.05, 0) is 37.8 Å².